The van der Waals surface area contributed by atoms with Crippen LogP contribution in [0.1, 0.15) is 28.4 Å². The van der Waals surface area contributed by atoms with Crippen molar-refractivity contribution in [2.45, 2.75) is 33.0 Å². The number of aliphatic carboxylic acids is 1. The topological polar surface area (TPSA) is 63.9 Å². The Morgan fingerprint density at radius 1 is 1.27 bits per heavy atom. The van der Waals surface area contributed by atoms with Crippen LogP contribution in [0.2, 0.25) is 0 Å². The second kappa shape index (κ2) is 7.93. The fraction of sp³-hybridized carbons (Fsp3) is 0.450. The molecule has 26 heavy (non-hydrogen) atoms. The average Bonchev–Trinajstić information content (AvgIpc) is 3.07. The van der Waals surface area contributed by atoms with Crippen molar-refractivity contribution in [3.8, 4) is 5.75 Å². The molecule has 1 aliphatic heterocycles. The molecule has 0 radical (unpaired) electrons. The van der Waals surface area contributed by atoms with E-state index < -0.39 is 5.97 Å². The van der Waals surface area contributed by atoms with Crippen LogP contribution in [0.3, 0.4) is 0 Å². The van der Waals surface area contributed by atoms with E-state index in [0.717, 1.165) is 25.4 Å². The van der Waals surface area contributed by atoms with Gasteiger partial charge in [-0.25, -0.2) is 4.79 Å². The van der Waals surface area contributed by atoms with Crippen molar-refractivity contribution in [1.82, 2.24) is 9.47 Å². The Hall–Kier alpha value is -2.31. The van der Waals surface area contributed by atoms with Gasteiger partial charge in [-0.1, -0.05) is 0 Å². The quantitative estimate of drug-likeness (QED) is 0.825. The summed E-state index contributed by atoms with van der Waals surface area (Å²) in [5, 5.41) is 8.87. The standard InChI is InChI=1S/C20H26N2O4/c1-14-9-16(25-3)10-15(2)17(14)11-22-8-7-21-6-4-5-18(21)19(22)12-26-13-20(23)24/h4-6,9-10,19H,7-8,11-13H2,1-3H3,(H,23,24). The second-order valence-corrected chi connectivity index (χ2v) is 6.76. The van der Waals surface area contributed by atoms with Crippen molar-refractivity contribution in [1.29, 1.82) is 0 Å². The van der Waals surface area contributed by atoms with Gasteiger partial charge in [0.1, 0.15) is 12.4 Å². The number of fused-ring (bicyclic) bond motifs is 1. The van der Waals surface area contributed by atoms with Crippen molar-refractivity contribution < 1.29 is 19.4 Å². The molecule has 2 heterocycles. The molecule has 1 N–H and O–H groups in total. The molecule has 6 nitrogen and oxygen atoms in total. The van der Waals surface area contributed by atoms with Gasteiger partial charge in [0.05, 0.1) is 19.8 Å². The first-order valence-corrected chi connectivity index (χ1v) is 8.82. The molecule has 0 aliphatic carbocycles. The van der Waals surface area contributed by atoms with Crippen LogP contribution in [0.5, 0.6) is 5.75 Å². The Morgan fingerprint density at radius 3 is 2.65 bits per heavy atom. The van der Waals surface area contributed by atoms with Crippen LogP contribution in [0.15, 0.2) is 30.5 Å². The molecular formula is C20H26N2O4. The Balaban J connectivity index is 1.82. The summed E-state index contributed by atoms with van der Waals surface area (Å²) in [4.78, 5) is 13.2. The van der Waals surface area contributed by atoms with Crippen molar-refractivity contribution in [2.24, 2.45) is 0 Å². The highest BCUT2D eigenvalue weighted by Crippen LogP contribution is 2.30. The number of hydrogen-bond acceptors (Lipinski definition) is 4. The number of aryl methyl sites for hydroxylation is 2. The fourth-order valence-electron chi connectivity index (χ4n) is 3.67. The third-order valence-electron chi connectivity index (χ3n) is 5.04. The van der Waals surface area contributed by atoms with E-state index in [1.165, 1.54) is 22.4 Å². The Bertz CT molecular complexity index is 761. The lowest BCUT2D eigenvalue weighted by Crippen LogP contribution is -2.40. The van der Waals surface area contributed by atoms with Gasteiger partial charge in [-0.3, -0.25) is 4.90 Å². The first-order chi connectivity index (χ1) is 12.5. The minimum absolute atomic E-state index is 0.0407. The van der Waals surface area contributed by atoms with Crippen molar-refractivity contribution in [3.63, 3.8) is 0 Å². The third-order valence-corrected chi connectivity index (χ3v) is 5.04. The number of carboxylic acids is 1. The number of rotatable bonds is 7. The van der Waals surface area contributed by atoms with E-state index in [9.17, 15) is 4.79 Å². The van der Waals surface area contributed by atoms with Gasteiger partial charge < -0.3 is 19.1 Å². The van der Waals surface area contributed by atoms with Crippen LogP contribution in [-0.2, 0) is 22.6 Å². The molecule has 0 fully saturated rings. The van der Waals surface area contributed by atoms with E-state index in [1.54, 1.807) is 7.11 Å². The number of benzene rings is 1. The summed E-state index contributed by atoms with van der Waals surface area (Å²) in [6.07, 6.45) is 2.07. The number of carboxylic acid groups (broad SMARTS) is 1. The van der Waals surface area contributed by atoms with Gasteiger partial charge in [-0.05, 0) is 54.8 Å². The van der Waals surface area contributed by atoms with E-state index >= 15 is 0 Å². The fourth-order valence-corrected chi connectivity index (χ4v) is 3.67. The first-order valence-electron chi connectivity index (χ1n) is 8.82. The monoisotopic (exact) mass is 358 g/mol. The molecule has 1 aromatic heterocycles. The second-order valence-electron chi connectivity index (χ2n) is 6.76. The van der Waals surface area contributed by atoms with Crippen LogP contribution in [0, 0.1) is 13.8 Å². The van der Waals surface area contributed by atoms with Gasteiger partial charge in [0, 0.05) is 31.5 Å². The highest BCUT2D eigenvalue weighted by atomic mass is 16.5. The van der Waals surface area contributed by atoms with E-state index in [1.807, 2.05) is 6.07 Å². The molecule has 0 spiro atoms. The predicted molar refractivity (Wildman–Crippen MR) is 98.5 cm³/mol. The summed E-state index contributed by atoms with van der Waals surface area (Å²) in [5.74, 6) is -0.0674. The molecule has 0 saturated heterocycles. The summed E-state index contributed by atoms with van der Waals surface area (Å²) in [6, 6.07) is 8.29. The minimum atomic E-state index is -0.940. The van der Waals surface area contributed by atoms with E-state index in [0.29, 0.717) is 6.61 Å². The van der Waals surface area contributed by atoms with E-state index in [-0.39, 0.29) is 12.6 Å². The SMILES string of the molecule is COc1cc(C)c(CN2CCn3cccc3C2COCC(=O)O)c(C)c1. The van der Waals surface area contributed by atoms with Gasteiger partial charge in [0.15, 0.2) is 0 Å². The van der Waals surface area contributed by atoms with Crippen molar-refractivity contribution >= 4 is 5.97 Å². The Labute approximate surface area is 153 Å². The number of carbonyl (C=O) groups is 1. The zero-order valence-corrected chi connectivity index (χ0v) is 15.6. The van der Waals surface area contributed by atoms with Gasteiger partial charge in [-0.15, -0.1) is 0 Å². The number of methoxy groups -OCH3 is 1. The third kappa shape index (κ3) is 3.92. The summed E-state index contributed by atoms with van der Waals surface area (Å²) >= 11 is 0. The zero-order chi connectivity index (χ0) is 18.7. The van der Waals surface area contributed by atoms with Crippen LogP contribution in [0.4, 0.5) is 0 Å². The molecule has 6 heteroatoms. The van der Waals surface area contributed by atoms with Gasteiger partial charge in [-0.2, -0.15) is 0 Å². The van der Waals surface area contributed by atoms with Gasteiger partial charge in [0.2, 0.25) is 0 Å². The highest BCUT2D eigenvalue weighted by molar-refractivity contribution is 5.68. The number of hydrogen-bond donors (Lipinski definition) is 1. The maximum atomic E-state index is 10.8. The molecule has 0 amide bonds. The van der Waals surface area contributed by atoms with Gasteiger partial charge >= 0.3 is 5.97 Å². The smallest absolute Gasteiger partial charge is 0.329 e. The molecule has 1 atom stereocenters. The number of ether oxygens (including phenoxy) is 2. The minimum Gasteiger partial charge on any atom is -0.497 e. The van der Waals surface area contributed by atoms with Crippen LogP contribution in [0.25, 0.3) is 0 Å². The summed E-state index contributed by atoms with van der Waals surface area (Å²) in [7, 11) is 1.68. The highest BCUT2D eigenvalue weighted by Gasteiger charge is 2.28. The molecule has 0 bridgehead atoms. The Kier molecular flexibility index (Phi) is 5.64. The summed E-state index contributed by atoms with van der Waals surface area (Å²) in [5.41, 5.74) is 4.86. The van der Waals surface area contributed by atoms with Crippen molar-refractivity contribution in [3.05, 3.63) is 52.8 Å². The maximum Gasteiger partial charge on any atom is 0.329 e. The first kappa shape index (κ1) is 18.5. The van der Waals surface area contributed by atoms with Crippen LogP contribution in [-0.4, -0.2) is 47.4 Å². The zero-order valence-electron chi connectivity index (χ0n) is 15.6. The van der Waals surface area contributed by atoms with Crippen LogP contribution < -0.4 is 4.74 Å². The lowest BCUT2D eigenvalue weighted by molar-refractivity contribution is -0.143. The van der Waals surface area contributed by atoms with E-state index in [2.05, 4.69) is 47.7 Å². The molecule has 1 aliphatic rings. The molecule has 3 rings (SSSR count). The molecule has 1 unspecified atom stereocenters. The number of aromatic nitrogens is 1. The molecular weight excluding hydrogens is 332 g/mol. The lowest BCUT2D eigenvalue weighted by atomic mass is 10.00. The lowest BCUT2D eigenvalue weighted by Gasteiger charge is -2.37. The summed E-state index contributed by atoms with van der Waals surface area (Å²) in [6.45, 7) is 6.92. The Morgan fingerprint density at radius 2 is 2.00 bits per heavy atom. The van der Waals surface area contributed by atoms with Crippen LogP contribution >= 0.6 is 0 Å². The molecule has 140 valence electrons. The molecule has 2 aromatic rings. The number of nitrogens with zero attached hydrogens (tertiary/aromatic N) is 2. The van der Waals surface area contributed by atoms with Crippen molar-refractivity contribution in [2.75, 3.05) is 26.9 Å². The normalized spacial score (nSPS) is 17.1. The molecule has 0 saturated carbocycles. The maximum absolute atomic E-state index is 10.8. The summed E-state index contributed by atoms with van der Waals surface area (Å²) < 4.78 is 13.0. The van der Waals surface area contributed by atoms with E-state index in [4.69, 9.17) is 14.6 Å². The largest absolute Gasteiger partial charge is 0.497 e. The predicted octanol–water partition coefficient (Wildman–Crippen LogP) is 2.77. The average molecular weight is 358 g/mol. The van der Waals surface area contributed by atoms with Gasteiger partial charge in [0.25, 0.3) is 0 Å². The molecule has 1 aromatic carbocycles.